The number of amides is 1. The molecule has 3 nitrogen and oxygen atoms in total. The van der Waals surface area contributed by atoms with E-state index in [1.165, 1.54) is 23.1 Å². The molecule has 0 aromatic heterocycles. The minimum Gasteiger partial charge on any atom is -0.370 e. The molecular weight excluding hydrogens is 312 g/mol. The lowest BCUT2D eigenvalue weighted by Crippen LogP contribution is -2.41. The molecule has 124 valence electrons. The van der Waals surface area contributed by atoms with Gasteiger partial charge in [-0.3, -0.25) is 9.69 Å². The lowest BCUT2D eigenvalue weighted by Gasteiger charge is -2.29. The molecule has 2 heterocycles. The standard InChI is InChI=1S/C19H17F2NO2/c1-19(2)13-7-4-8-14(21)17(13)22(18(19)23)16(15-10-24-15)11-5-3-6-12(20)9-11/h3-9,15-16H,10H2,1-2H3. The Bertz CT molecular complexity index is 830. The molecule has 1 saturated heterocycles. The van der Waals surface area contributed by atoms with E-state index < -0.39 is 23.1 Å². The molecule has 2 atom stereocenters. The summed E-state index contributed by atoms with van der Waals surface area (Å²) in [6.07, 6.45) is -0.253. The second-order valence-corrected chi connectivity index (χ2v) is 6.81. The van der Waals surface area contributed by atoms with Gasteiger partial charge in [0.1, 0.15) is 17.7 Å². The van der Waals surface area contributed by atoms with Gasteiger partial charge in [0.15, 0.2) is 0 Å². The first-order valence-corrected chi connectivity index (χ1v) is 7.91. The molecule has 2 aromatic rings. The molecule has 0 N–H and O–H groups in total. The maximum Gasteiger partial charge on any atom is 0.237 e. The van der Waals surface area contributed by atoms with Crippen molar-refractivity contribution in [3.63, 3.8) is 0 Å². The fourth-order valence-electron chi connectivity index (χ4n) is 3.51. The van der Waals surface area contributed by atoms with E-state index in [0.717, 1.165) is 0 Å². The summed E-state index contributed by atoms with van der Waals surface area (Å²) in [6.45, 7) is 4.03. The Hall–Kier alpha value is -2.27. The smallest absolute Gasteiger partial charge is 0.237 e. The third kappa shape index (κ3) is 2.15. The van der Waals surface area contributed by atoms with E-state index in [0.29, 0.717) is 17.7 Å². The fourth-order valence-corrected chi connectivity index (χ4v) is 3.51. The Labute approximate surface area is 138 Å². The zero-order valence-corrected chi connectivity index (χ0v) is 13.4. The first-order chi connectivity index (χ1) is 11.4. The van der Waals surface area contributed by atoms with E-state index in [4.69, 9.17) is 4.74 Å². The second kappa shape index (κ2) is 5.11. The molecule has 5 heteroatoms. The van der Waals surface area contributed by atoms with E-state index >= 15 is 0 Å². The van der Waals surface area contributed by atoms with Crippen molar-refractivity contribution < 1.29 is 18.3 Å². The fraction of sp³-hybridized carbons (Fsp3) is 0.316. The summed E-state index contributed by atoms with van der Waals surface area (Å²) in [5.41, 5.74) is 0.697. The van der Waals surface area contributed by atoms with Crippen LogP contribution in [0.25, 0.3) is 0 Å². The zero-order chi connectivity index (χ0) is 17.1. The normalized spacial score (nSPS) is 22.4. The predicted octanol–water partition coefficient (Wildman–Crippen LogP) is 3.73. The quantitative estimate of drug-likeness (QED) is 0.804. The molecule has 2 aromatic carbocycles. The van der Waals surface area contributed by atoms with Crippen LogP contribution in [0.1, 0.15) is 31.0 Å². The molecule has 2 aliphatic rings. The van der Waals surface area contributed by atoms with Crippen LogP contribution in [0.15, 0.2) is 42.5 Å². The highest BCUT2D eigenvalue weighted by Gasteiger charge is 2.52. The van der Waals surface area contributed by atoms with E-state index in [-0.39, 0.29) is 17.7 Å². The van der Waals surface area contributed by atoms with Crippen molar-refractivity contribution in [1.29, 1.82) is 0 Å². The number of halogens is 2. The van der Waals surface area contributed by atoms with Gasteiger partial charge in [-0.25, -0.2) is 8.78 Å². The van der Waals surface area contributed by atoms with Crippen LogP contribution >= 0.6 is 0 Å². The Morgan fingerprint density at radius 1 is 1.21 bits per heavy atom. The maximum absolute atomic E-state index is 14.6. The molecule has 1 amide bonds. The topological polar surface area (TPSA) is 32.8 Å². The van der Waals surface area contributed by atoms with E-state index in [1.54, 1.807) is 38.1 Å². The Kier molecular flexibility index (Phi) is 3.25. The van der Waals surface area contributed by atoms with Crippen LogP contribution in [0, 0.1) is 11.6 Å². The lowest BCUT2D eigenvalue weighted by molar-refractivity contribution is -0.122. The number of nitrogens with zero attached hydrogens (tertiary/aromatic N) is 1. The summed E-state index contributed by atoms with van der Waals surface area (Å²) in [6, 6.07) is 10.2. The summed E-state index contributed by atoms with van der Waals surface area (Å²) >= 11 is 0. The third-order valence-corrected chi connectivity index (χ3v) is 4.83. The molecule has 0 radical (unpaired) electrons. The molecule has 0 spiro atoms. The molecule has 0 saturated carbocycles. The van der Waals surface area contributed by atoms with Gasteiger partial charge in [0, 0.05) is 0 Å². The van der Waals surface area contributed by atoms with Crippen LogP contribution in [-0.2, 0) is 14.9 Å². The monoisotopic (exact) mass is 329 g/mol. The first kappa shape index (κ1) is 15.3. The van der Waals surface area contributed by atoms with Gasteiger partial charge in [-0.15, -0.1) is 0 Å². The number of benzene rings is 2. The summed E-state index contributed by atoms with van der Waals surface area (Å²) in [7, 11) is 0. The number of carbonyl (C=O) groups is 1. The molecule has 1 fully saturated rings. The molecule has 0 aliphatic carbocycles. The van der Waals surface area contributed by atoms with Crippen molar-refractivity contribution in [2.75, 3.05) is 11.5 Å². The van der Waals surface area contributed by atoms with Gasteiger partial charge in [-0.2, -0.15) is 0 Å². The minimum absolute atomic E-state index is 0.202. The average Bonchev–Trinajstić information content (AvgIpc) is 3.33. The van der Waals surface area contributed by atoms with E-state index in [9.17, 15) is 13.6 Å². The Morgan fingerprint density at radius 2 is 1.92 bits per heavy atom. The highest BCUT2D eigenvalue weighted by Crippen LogP contribution is 2.49. The average molecular weight is 329 g/mol. The SMILES string of the molecule is CC1(C)C(=O)N(C(c2cccc(F)c2)C2CO2)c2c(F)cccc21. The second-order valence-electron chi connectivity index (χ2n) is 6.81. The van der Waals surface area contributed by atoms with Gasteiger partial charge in [-0.1, -0.05) is 24.3 Å². The largest absolute Gasteiger partial charge is 0.370 e. The van der Waals surface area contributed by atoms with Crippen LogP contribution in [0.3, 0.4) is 0 Å². The van der Waals surface area contributed by atoms with Gasteiger partial charge in [0.05, 0.1) is 23.8 Å². The number of epoxide rings is 1. The van der Waals surface area contributed by atoms with Crippen molar-refractivity contribution in [2.45, 2.75) is 31.4 Å². The molecule has 2 aliphatic heterocycles. The van der Waals surface area contributed by atoms with E-state index in [1.807, 2.05) is 0 Å². The summed E-state index contributed by atoms with van der Waals surface area (Å²) in [4.78, 5) is 14.5. The summed E-state index contributed by atoms with van der Waals surface area (Å²) in [5, 5.41) is 0. The molecule has 4 rings (SSSR count). The van der Waals surface area contributed by atoms with Gasteiger partial charge >= 0.3 is 0 Å². The zero-order valence-electron chi connectivity index (χ0n) is 13.4. The van der Waals surface area contributed by atoms with Crippen molar-refractivity contribution in [1.82, 2.24) is 0 Å². The van der Waals surface area contributed by atoms with Crippen molar-refractivity contribution >= 4 is 11.6 Å². The van der Waals surface area contributed by atoms with Crippen LogP contribution in [0.2, 0.25) is 0 Å². The minimum atomic E-state index is -0.835. The summed E-state index contributed by atoms with van der Waals surface area (Å²) in [5.74, 6) is -1.04. The van der Waals surface area contributed by atoms with Crippen molar-refractivity contribution in [3.05, 3.63) is 65.2 Å². The number of para-hydroxylation sites is 1. The Balaban J connectivity index is 1.90. The van der Waals surface area contributed by atoms with Gasteiger partial charge in [0.25, 0.3) is 0 Å². The van der Waals surface area contributed by atoms with Crippen molar-refractivity contribution in [2.24, 2.45) is 0 Å². The van der Waals surface area contributed by atoms with Crippen molar-refractivity contribution in [3.8, 4) is 0 Å². The number of anilines is 1. The van der Waals surface area contributed by atoms with Crippen LogP contribution < -0.4 is 4.90 Å². The van der Waals surface area contributed by atoms with Crippen LogP contribution in [0.5, 0.6) is 0 Å². The van der Waals surface area contributed by atoms with Gasteiger partial charge < -0.3 is 4.74 Å². The predicted molar refractivity (Wildman–Crippen MR) is 85.8 cm³/mol. The number of hydrogen-bond acceptors (Lipinski definition) is 2. The Morgan fingerprint density at radius 3 is 2.58 bits per heavy atom. The molecule has 0 bridgehead atoms. The van der Waals surface area contributed by atoms with Gasteiger partial charge in [0.2, 0.25) is 5.91 Å². The summed E-state index contributed by atoms with van der Waals surface area (Å²) < 4.78 is 33.7. The molecular formula is C19H17F2NO2. The van der Waals surface area contributed by atoms with Gasteiger partial charge in [-0.05, 0) is 43.2 Å². The van der Waals surface area contributed by atoms with E-state index in [2.05, 4.69) is 0 Å². The number of rotatable bonds is 3. The number of ether oxygens (including phenoxy) is 1. The highest BCUT2D eigenvalue weighted by atomic mass is 19.1. The van der Waals surface area contributed by atoms with Crippen LogP contribution in [0.4, 0.5) is 14.5 Å². The van der Waals surface area contributed by atoms with Crippen LogP contribution in [-0.4, -0.2) is 18.6 Å². The number of carbonyl (C=O) groups excluding carboxylic acids is 1. The highest BCUT2D eigenvalue weighted by molar-refractivity contribution is 6.08. The molecule has 24 heavy (non-hydrogen) atoms. The maximum atomic E-state index is 14.6. The number of fused-ring (bicyclic) bond motifs is 1. The first-order valence-electron chi connectivity index (χ1n) is 7.91. The molecule has 2 unspecified atom stereocenters. The lowest BCUT2D eigenvalue weighted by atomic mass is 9.86. The number of hydrogen-bond donors (Lipinski definition) is 0. The third-order valence-electron chi connectivity index (χ3n) is 4.83.